The molecule has 0 aliphatic carbocycles. The van der Waals surface area contributed by atoms with Crippen molar-refractivity contribution in [3.63, 3.8) is 0 Å². The molecule has 0 aliphatic rings. The Morgan fingerprint density at radius 3 is 2.69 bits per heavy atom. The normalized spacial score (nSPS) is 10.0. The molecular formula is C8H13NO4. The largest absolute Gasteiger partial charge is 0.466 e. The monoisotopic (exact) mass is 187 g/mol. The second kappa shape index (κ2) is 7.27. The van der Waals surface area contributed by atoms with Gasteiger partial charge in [-0.1, -0.05) is 5.16 Å². The summed E-state index contributed by atoms with van der Waals surface area (Å²) in [5, 5.41) is 3.37. The molecule has 0 saturated carbocycles. The van der Waals surface area contributed by atoms with E-state index >= 15 is 0 Å². The highest BCUT2D eigenvalue weighted by Crippen LogP contribution is 1.91. The molecule has 0 bridgehead atoms. The van der Waals surface area contributed by atoms with Gasteiger partial charge in [-0.3, -0.25) is 9.59 Å². The van der Waals surface area contributed by atoms with Crippen molar-refractivity contribution in [2.75, 3.05) is 13.7 Å². The van der Waals surface area contributed by atoms with Crippen molar-refractivity contribution in [3.8, 4) is 0 Å². The van der Waals surface area contributed by atoms with Crippen LogP contribution in [0.25, 0.3) is 0 Å². The summed E-state index contributed by atoms with van der Waals surface area (Å²) in [4.78, 5) is 26.1. The minimum Gasteiger partial charge on any atom is -0.466 e. The lowest BCUT2D eigenvalue weighted by molar-refractivity contribution is -0.145. The Kier molecular flexibility index (Phi) is 6.49. The first-order chi connectivity index (χ1) is 6.20. The fourth-order valence-corrected chi connectivity index (χ4v) is 0.659. The van der Waals surface area contributed by atoms with Crippen LogP contribution in [0.5, 0.6) is 0 Å². The van der Waals surface area contributed by atoms with Crippen LogP contribution in [-0.4, -0.2) is 31.7 Å². The van der Waals surface area contributed by atoms with Gasteiger partial charge in [-0.2, -0.15) is 0 Å². The molecule has 0 saturated heterocycles. The van der Waals surface area contributed by atoms with Crippen LogP contribution < -0.4 is 0 Å². The second-order valence-electron chi connectivity index (χ2n) is 2.20. The quantitative estimate of drug-likeness (QED) is 0.263. The number of ketones is 1. The lowest BCUT2D eigenvalue weighted by Crippen LogP contribution is -2.11. The molecule has 0 radical (unpaired) electrons. The van der Waals surface area contributed by atoms with Crippen LogP contribution in [-0.2, 0) is 19.2 Å². The third-order valence-corrected chi connectivity index (χ3v) is 1.15. The summed E-state index contributed by atoms with van der Waals surface area (Å²) in [7, 11) is 1.38. The van der Waals surface area contributed by atoms with Crippen molar-refractivity contribution in [1.82, 2.24) is 0 Å². The summed E-state index contributed by atoms with van der Waals surface area (Å²) in [5.74, 6) is -0.738. The van der Waals surface area contributed by atoms with E-state index in [-0.39, 0.29) is 25.2 Å². The number of oxime groups is 1. The van der Waals surface area contributed by atoms with E-state index in [0.717, 1.165) is 0 Å². The van der Waals surface area contributed by atoms with Gasteiger partial charge >= 0.3 is 5.97 Å². The molecule has 5 heteroatoms. The summed E-state index contributed by atoms with van der Waals surface area (Å²) >= 11 is 0. The van der Waals surface area contributed by atoms with Gasteiger partial charge in [0.05, 0.1) is 12.8 Å². The molecule has 0 spiro atoms. The summed E-state index contributed by atoms with van der Waals surface area (Å²) in [5.41, 5.74) is 0. The molecule has 0 atom stereocenters. The molecule has 0 fully saturated rings. The number of Topliss-reactive ketones (excluding diaryl/α,β-unsaturated/α-hetero) is 1. The Morgan fingerprint density at radius 1 is 1.46 bits per heavy atom. The van der Waals surface area contributed by atoms with E-state index in [1.807, 2.05) is 0 Å². The number of carbonyl (C=O) groups is 2. The van der Waals surface area contributed by atoms with E-state index in [1.165, 1.54) is 13.3 Å². The zero-order chi connectivity index (χ0) is 10.1. The summed E-state index contributed by atoms with van der Waals surface area (Å²) in [6.07, 6.45) is 1.19. The van der Waals surface area contributed by atoms with Gasteiger partial charge in [0.2, 0.25) is 0 Å². The maximum atomic E-state index is 11.0. The Hall–Kier alpha value is -1.39. The number of ether oxygens (including phenoxy) is 1. The number of carbonyl (C=O) groups excluding carboxylic acids is 2. The average Bonchev–Trinajstić information content (AvgIpc) is 2.05. The van der Waals surface area contributed by atoms with Gasteiger partial charge in [0.15, 0.2) is 0 Å². The Balaban J connectivity index is 3.62. The molecule has 74 valence electrons. The fraction of sp³-hybridized carbons (Fsp3) is 0.625. The minimum atomic E-state index is -0.502. The predicted octanol–water partition coefficient (Wildman–Crippen LogP) is 0.531. The SMILES string of the molecule is CCOC(=O)CC(=O)CC=NOC. The average molecular weight is 187 g/mol. The van der Waals surface area contributed by atoms with Crippen molar-refractivity contribution >= 4 is 18.0 Å². The zero-order valence-corrected chi connectivity index (χ0v) is 7.78. The number of esters is 1. The smallest absolute Gasteiger partial charge is 0.313 e. The third-order valence-electron chi connectivity index (χ3n) is 1.15. The number of rotatable bonds is 6. The fourth-order valence-electron chi connectivity index (χ4n) is 0.659. The van der Waals surface area contributed by atoms with Gasteiger partial charge in [-0.15, -0.1) is 0 Å². The maximum absolute atomic E-state index is 11.0. The molecular weight excluding hydrogens is 174 g/mol. The Labute approximate surface area is 76.7 Å². The topological polar surface area (TPSA) is 65.0 Å². The van der Waals surface area contributed by atoms with Crippen LogP contribution in [0.1, 0.15) is 19.8 Å². The van der Waals surface area contributed by atoms with Crippen LogP contribution in [0, 0.1) is 0 Å². The maximum Gasteiger partial charge on any atom is 0.313 e. The predicted molar refractivity (Wildman–Crippen MR) is 46.4 cm³/mol. The summed E-state index contributed by atoms with van der Waals surface area (Å²) < 4.78 is 4.58. The summed E-state index contributed by atoms with van der Waals surface area (Å²) in [6.45, 7) is 1.98. The molecule has 0 heterocycles. The van der Waals surface area contributed by atoms with Gasteiger partial charge in [-0.05, 0) is 6.92 Å². The van der Waals surface area contributed by atoms with Crippen molar-refractivity contribution in [1.29, 1.82) is 0 Å². The highest BCUT2D eigenvalue weighted by molar-refractivity contribution is 6.01. The van der Waals surface area contributed by atoms with Crippen molar-refractivity contribution in [2.24, 2.45) is 5.16 Å². The molecule has 0 aromatic carbocycles. The first-order valence-electron chi connectivity index (χ1n) is 3.93. The molecule has 0 aromatic rings. The first-order valence-corrected chi connectivity index (χ1v) is 3.93. The highest BCUT2D eigenvalue weighted by atomic mass is 16.6. The van der Waals surface area contributed by atoms with Crippen LogP contribution in [0.3, 0.4) is 0 Å². The Morgan fingerprint density at radius 2 is 2.15 bits per heavy atom. The number of hydrogen-bond donors (Lipinski definition) is 0. The molecule has 13 heavy (non-hydrogen) atoms. The van der Waals surface area contributed by atoms with Crippen LogP contribution >= 0.6 is 0 Å². The minimum absolute atomic E-state index is 0.0899. The van der Waals surface area contributed by atoms with Crippen molar-refractivity contribution < 1.29 is 19.2 Å². The van der Waals surface area contributed by atoms with Crippen molar-refractivity contribution in [3.05, 3.63) is 0 Å². The van der Waals surface area contributed by atoms with Crippen LogP contribution in [0.15, 0.2) is 5.16 Å². The van der Waals surface area contributed by atoms with Crippen molar-refractivity contribution in [2.45, 2.75) is 19.8 Å². The molecule has 0 rings (SSSR count). The number of hydrogen-bond acceptors (Lipinski definition) is 5. The van der Waals surface area contributed by atoms with Gasteiger partial charge in [-0.25, -0.2) is 0 Å². The van der Waals surface area contributed by atoms with E-state index in [4.69, 9.17) is 0 Å². The van der Waals surface area contributed by atoms with Gasteiger partial charge in [0.1, 0.15) is 19.3 Å². The van der Waals surface area contributed by atoms with Crippen LogP contribution in [0.4, 0.5) is 0 Å². The zero-order valence-electron chi connectivity index (χ0n) is 7.78. The Bertz CT molecular complexity index is 200. The van der Waals surface area contributed by atoms with Gasteiger partial charge in [0.25, 0.3) is 0 Å². The highest BCUT2D eigenvalue weighted by Gasteiger charge is 2.08. The molecule has 0 aromatic heterocycles. The van der Waals surface area contributed by atoms with E-state index in [0.29, 0.717) is 0 Å². The molecule has 5 nitrogen and oxygen atoms in total. The van der Waals surface area contributed by atoms with Crippen LogP contribution in [0.2, 0.25) is 0 Å². The van der Waals surface area contributed by atoms with E-state index in [2.05, 4.69) is 14.7 Å². The van der Waals surface area contributed by atoms with E-state index in [1.54, 1.807) is 6.92 Å². The molecule has 0 N–H and O–H groups in total. The lowest BCUT2D eigenvalue weighted by Gasteiger charge is -1.98. The van der Waals surface area contributed by atoms with Gasteiger partial charge in [0, 0.05) is 6.42 Å². The van der Waals surface area contributed by atoms with Gasteiger partial charge < -0.3 is 9.57 Å². The van der Waals surface area contributed by atoms with E-state index in [9.17, 15) is 9.59 Å². The number of nitrogens with zero attached hydrogens (tertiary/aromatic N) is 1. The standard InChI is InChI=1S/C8H13NO4/c1-3-13-8(11)6-7(10)4-5-9-12-2/h5H,3-4,6H2,1-2H3. The molecule has 0 unspecified atom stereocenters. The second-order valence-corrected chi connectivity index (χ2v) is 2.20. The molecule has 0 amide bonds. The van der Waals surface area contributed by atoms with E-state index < -0.39 is 5.97 Å². The first kappa shape index (κ1) is 11.6. The molecule has 0 aliphatic heterocycles. The third kappa shape index (κ3) is 6.99. The lowest BCUT2D eigenvalue weighted by atomic mass is 10.2. The summed E-state index contributed by atoms with van der Waals surface area (Å²) in [6, 6.07) is 0.